The van der Waals surface area contributed by atoms with E-state index < -0.39 is 11.8 Å². The highest BCUT2D eigenvalue weighted by Crippen LogP contribution is 2.19. The number of nitrogens with zero attached hydrogens (tertiary/aromatic N) is 3. The van der Waals surface area contributed by atoms with E-state index in [9.17, 15) is 9.18 Å². The Bertz CT molecular complexity index is 565. The molecular formula is C11H9ClFN3O2. The second-order valence-corrected chi connectivity index (χ2v) is 4.09. The predicted molar refractivity (Wildman–Crippen MR) is 61.9 cm³/mol. The zero-order valence-electron chi connectivity index (χ0n) is 9.18. The van der Waals surface area contributed by atoms with Gasteiger partial charge in [-0.2, -0.15) is 0 Å². The van der Waals surface area contributed by atoms with Gasteiger partial charge in [0.2, 0.25) is 0 Å². The monoisotopic (exact) mass is 269 g/mol. The summed E-state index contributed by atoms with van der Waals surface area (Å²) in [4.78, 5) is 10.5. The summed E-state index contributed by atoms with van der Waals surface area (Å²) in [6.07, 6.45) is 1.24. The van der Waals surface area contributed by atoms with Gasteiger partial charge in [-0.3, -0.25) is 4.79 Å². The number of carbonyl (C=O) groups is 1. The lowest BCUT2D eigenvalue weighted by atomic mass is 10.2. The molecule has 0 aliphatic carbocycles. The van der Waals surface area contributed by atoms with Gasteiger partial charge in [0.15, 0.2) is 0 Å². The molecule has 1 N–H and O–H groups in total. The Morgan fingerprint density at radius 3 is 2.94 bits per heavy atom. The zero-order valence-corrected chi connectivity index (χ0v) is 9.93. The minimum absolute atomic E-state index is 0.109. The lowest BCUT2D eigenvalue weighted by Gasteiger charge is -2.04. The van der Waals surface area contributed by atoms with Gasteiger partial charge in [-0.1, -0.05) is 22.9 Å². The van der Waals surface area contributed by atoms with Crippen LogP contribution in [0.1, 0.15) is 11.3 Å². The molecule has 0 fully saturated rings. The summed E-state index contributed by atoms with van der Waals surface area (Å²) >= 11 is 5.87. The first-order chi connectivity index (χ1) is 8.56. The van der Waals surface area contributed by atoms with Crippen LogP contribution in [0.15, 0.2) is 24.4 Å². The van der Waals surface area contributed by atoms with Crippen LogP contribution in [0.25, 0.3) is 0 Å². The van der Waals surface area contributed by atoms with Crippen molar-refractivity contribution in [2.45, 2.75) is 13.0 Å². The van der Waals surface area contributed by atoms with Gasteiger partial charge in [-0.15, -0.1) is 5.10 Å². The van der Waals surface area contributed by atoms with Crippen LogP contribution in [0.2, 0.25) is 5.02 Å². The van der Waals surface area contributed by atoms with Crippen molar-refractivity contribution in [2.75, 3.05) is 0 Å². The van der Waals surface area contributed by atoms with Gasteiger partial charge >= 0.3 is 5.97 Å². The highest BCUT2D eigenvalue weighted by atomic mass is 35.5. The smallest absolute Gasteiger partial charge is 0.309 e. The largest absolute Gasteiger partial charge is 0.481 e. The number of aliphatic carboxylic acids is 1. The first-order valence-corrected chi connectivity index (χ1v) is 5.48. The van der Waals surface area contributed by atoms with E-state index in [4.69, 9.17) is 16.7 Å². The fourth-order valence-corrected chi connectivity index (χ4v) is 1.72. The minimum Gasteiger partial charge on any atom is -0.481 e. The second kappa shape index (κ2) is 5.14. The Balaban J connectivity index is 2.19. The Kier molecular flexibility index (Phi) is 3.57. The van der Waals surface area contributed by atoms with Gasteiger partial charge in [-0.05, 0) is 12.1 Å². The summed E-state index contributed by atoms with van der Waals surface area (Å²) in [6, 6.07) is 4.39. The van der Waals surface area contributed by atoms with Crippen LogP contribution in [0, 0.1) is 5.82 Å². The number of rotatable bonds is 4. The molecule has 2 aromatic rings. The molecule has 0 spiro atoms. The van der Waals surface area contributed by atoms with E-state index in [0.29, 0.717) is 16.3 Å². The summed E-state index contributed by atoms with van der Waals surface area (Å²) in [5, 5.41) is 16.3. The van der Waals surface area contributed by atoms with Gasteiger partial charge in [0.1, 0.15) is 5.82 Å². The Morgan fingerprint density at radius 1 is 1.50 bits per heavy atom. The molecule has 0 amide bonds. The van der Waals surface area contributed by atoms with E-state index in [2.05, 4.69) is 10.3 Å². The van der Waals surface area contributed by atoms with Gasteiger partial charge < -0.3 is 5.11 Å². The number of hydrogen-bond donors (Lipinski definition) is 1. The summed E-state index contributed by atoms with van der Waals surface area (Å²) < 4.78 is 14.9. The lowest BCUT2D eigenvalue weighted by Crippen LogP contribution is -2.03. The van der Waals surface area contributed by atoms with Crippen LogP contribution in [0.5, 0.6) is 0 Å². The molecule has 0 unspecified atom stereocenters. The van der Waals surface area contributed by atoms with Gasteiger partial charge in [0.25, 0.3) is 0 Å². The summed E-state index contributed by atoms with van der Waals surface area (Å²) in [7, 11) is 0. The van der Waals surface area contributed by atoms with Crippen LogP contribution in [0.4, 0.5) is 4.39 Å². The molecule has 0 saturated heterocycles. The molecule has 5 nitrogen and oxygen atoms in total. The first-order valence-electron chi connectivity index (χ1n) is 5.10. The second-order valence-electron chi connectivity index (χ2n) is 3.68. The predicted octanol–water partition coefficient (Wildman–Crippen LogP) is 1.75. The van der Waals surface area contributed by atoms with Crippen molar-refractivity contribution in [3.05, 3.63) is 46.5 Å². The molecular weight excluding hydrogens is 261 g/mol. The Labute approximate surface area is 107 Å². The zero-order chi connectivity index (χ0) is 13.1. The lowest BCUT2D eigenvalue weighted by molar-refractivity contribution is -0.136. The molecule has 2 rings (SSSR count). The maximum absolute atomic E-state index is 13.5. The number of benzene rings is 1. The van der Waals surface area contributed by atoms with Crippen molar-refractivity contribution in [2.24, 2.45) is 0 Å². The molecule has 1 aromatic heterocycles. The summed E-state index contributed by atoms with van der Waals surface area (Å²) in [5.74, 6) is -1.43. The third-order valence-electron chi connectivity index (χ3n) is 2.30. The molecule has 0 bridgehead atoms. The normalized spacial score (nSPS) is 10.6. The highest BCUT2D eigenvalue weighted by Gasteiger charge is 2.10. The molecule has 0 atom stereocenters. The molecule has 18 heavy (non-hydrogen) atoms. The molecule has 0 aliphatic rings. The average molecular weight is 270 g/mol. The number of carboxylic acids is 1. The molecule has 94 valence electrons. The molecule has 0 aliphatic heterocycles. The quantitative estimate of drug-likeness (QED) is 0.918. The van der Waals surface area contributed by atoms with E-state index in [-0.39, 0.29) is 13.0 Å². The van der Waals surface area contributed by atoms with Crippen LogP contribution in [-0.2, 0) is 17.8 Å². The molecule has 0 saturated carbocycles. The minimum atomic E-state index is -0.994. The van der Waals surface area contributed by atoms with Crippen molar-refractivity contribution in [3.8, 4) is 0 Å². The van der Waals surface area contributed by atoms with Crippen molar-refractivity contribution in [1.82, 2.24) is 15.0 Å². The van der Waals surface area contributed by atoms with Crippen LogP contribution < -0.4 is 0 Å². The maximum atomic E-state index is 13.5. The van der Waals surface area contributed by atoms with Crippen LogP contribution in [-0.4, -0.2) is 26.1 Å². The highest BCUT2D eigenvalue weighted by molar-refractivity contribution is 6.31. The van der Waals surface area contributed by atoms with Crippen LogP contribution >= 0.6 is 11.6 Å². The summed E-state index contributed by atoms with van der Waals surface area (Å²) in [5.41, 5.74) is 0.612. The SMILES string of the molecule is O=C(O)Cc1cn(Cc2c(F)cccc2Cl)nn1. The van der Waals surface area contributed by atoms with Gasteiger partial charge in [-0.25, -0.2) is 9.07 Å². The molecule has 1 aromatic carbocycles. The van der Waals surface area contributed by atoms with Gasteiger partial charge in [0.05, 0.1) is 18.7 Å². The number of halogens is 2. The summed E-state index contributed by atoms with van der Waals surface area (Å²) in [6.45, 7) is 0.109. The number of hydrogen-bond acceptors (Lipinski definition) is 3. The van der Waals surface area contributed by atoms with Crippen molar-refractivity contribution in [3.63, 3.8) is 0 Å². The van der Waals surface area contributed by atoms with Gasteiger partial charge in [0, 0.05) is 16.8 Å². The number of aromatic nitrogens is 3. The third-order valence-corrected chi connectivity index (χ3v) is 2.65. The fraction of sp³-hybridized carbons (Fsp3) is 0.182. The van der Waals surface area contributed by atoms with Crippen molar-refractivity contribution in [1.29, 1.82) is 0 Å². The Morgan fingerprint density at radius 2 is 2.28 bits per heavy atom. The average Bonchev–Trinajstić information content (AvgIpc) is 2.70. The van der Waals surface area contributed by atoms with E-state index >= 15 is 0 Å². The van der Waals surface area contributed by atoms with E-state index in [0.717, 1.165) is 0 Å². The third kappa shape index (κ3) is 2.84. The maximum Gasteiger partial charge on any atom is 0.309 e. The number of carboxylic acid groups (broad SMARTS) is 1. The van der Waals surface area contributed by atoms with E-state index in [1.165, 1.54) is 23.0 Å². The molecule has 1 heterocycles. The topological polar surface area (TPSA) is 68.0 Å². The van der Waals surface area contributed by atoms with Crippen LogP contribution in [0.3, 0.4) is 0 Å². The molecule has 7 heteroatoms. The fourth-order valence-electron chi connectivity index (χ4n) is 1.50. The first kappa shape index (κ1) is 12.5. The van der Waals surface area contributed by atoms with Crippen molar-refractivity contribution < 1.29 is 14.3 Å². The van der Waals surface area contributed by atoms with Crippen molar-refractivity contribution >= 4 is 17.6 Å². The van der Waals surface area contributed by atoms with E-state index in [1.807, 2.05) is 0 Å². The van der Waals surface area contributed by atoms with E-state index in [1.54, 1.807) is 6.07 Å². The Hall–Kier alpha value is -1.95. The standard InChI is InChI=1S/C11H9ClFN3O2/c12-9-2-1-3-10(13)8(9)6-16-5-7(14-15-16)4-11(17)18/h1-3,5H,4,6H2,(H,17,18). The molecule has 0 radical (unpaired) electrons.